The molecule has 150 valence electrons. The minimum atomic E-state index is -0.605. The molecule has 1 aliphatic rings. The molecule has 2 atom stereocenters. The van der Waals surface area contributed by atoms with E-state index in [-0.39, 0.29) is 12.2 Å². The van der Waals surface area contributed by atoms with Gasteiger partial charge in [-0.15, -0.1) is 5.10 Å². The van der Waals surface area contributed by atoms with Gasteiger partial charge in [-0.05, 0) is 32.4 Å². The number of aryl methyl sites for hydroxylation is 1. The Morgan fingerprint density at radius 3 is 2.45 bits per heavy atom. The van der Waals surface area contributed by atoms with Crippen LogP contribution >= 0.6 is 0 Å². The molecule has 0 spiro atoms. The number of nitrogens with zero attached hydrogens (tertiary/aromatic N) is 5. The van der Waals surface area contributed by atoms with Crippen molar-refractivity contribution in [3.8, 4) is 11.1 Å². The molecule has 1 aliphatic heterocycles. The number of nitrogens with one attached hydrogen (secondary N) is 1. The van der Waals surface area contributed by atoms with Crippen molar-refractivity contribution in [2.45, 2.75) is 33.0 Å². The summed E-state index contributed by atoms with van der Waals surface area (Å²) >= 11 is 0. The highest BCUT2D eigenvalue weighted by Gasteiger charge is 2.24. The molecular formula is C21H23FN6O. The standard InChI is InChI=1S/C21H23FN6O/c1-13-4-6-16(7-5-13)17-8-20(27-23-10-17)25-19-9-18(22)24-21(26-19)28-11-14(2)29-15(3)12-28/h4-10,14-15H,11-12H2,1-3H3,(H,24,25,26,27)/t14-,15+. The van der Waals surface area contributed by atoms with E-state index in [0.717, 1.165) is 11.1 Å². The fourth-order valence-electron chi connectivity index (χ4n) is 3.42. The number of anilines is 3. The first-order valence-corrected chi connectivity index (χ1v) is 9.58. The van der Waals surface area contributed by atoms with Gasteiger partial charge in [0.05, 0.1) is 18.4 Å². The third-order valence-corrected chi connectivity index (χ3v) is 4.68. The molecule has 8 heteroatoms. The Balaban J connectivity index is 1.57. The van der Waals surface area contributed by atoms with E-state index >= 15 is 0 Å². The van der Waals surface area contributed by atoms with Crippen LogP contribution in [-0.2, 0) is 4.74 Å². The van der Waals surface area contributed by atoms with Crippen molar-refractivity contribution in [2.24, 2.45) is 0 Å². The summed E-state index contributed by atoms with van der Waals surface area (Å²) in [6, 6.07) is 11.2. The Morgan fingerprint density at radius 1 is 1.00 bits per heavy atom. The van der Waals surface area contributed by atoms with Crippen LogP contribution in [0.4, 0.5) is 22.0 Å². The van der Waals surface area contributed by atoms with Crippen molar-refractivity contribution in [1.82, 2.24) is 20.2 Å². The molecular weight excluding hydrogens is 371 g/mol. The van der Waals surface area contributed by atoms with E-state index in [1.54, 1.807) is 6.20 Å². The molecule has 0 amide bonds. The summed E-state index contributed by atoms with van der Waals surface area (Å²) in [6.45, 7) is 7.21. The molecule has 4 rings (SSSR count). The van der Waals surface area contributed by atoms with Crippen LogP contribution in [0.2, 0.25) is 0 Å². The molecule has 0 unspecified atom stereocenters. The summed E-state index contributed by atoms with van der Waals surface area (Å²) in [5, 5.41) is 11.2. The van der Waals surface area contributed by atoms with Crippen LogP contribution in [0.15, 0.2) is 42.6 Å². The van der Waals surface area contributed by atoms with Gasteiger partial charge in [0, 0.05) is 24.7 Å². The maximum atomic E-state index is 14.2. The molecule has 3 heterocycles. The molecule has 1 N–H and O–H groups in total. The van der Waals surface area contributed by atoms with E-state index in [2.05, 4.69) is 25.5 Å². The number of ether oxygens (including phenoxy) is 1. The van der Waals surface area contributed by atoms with E-state index in [4.69, 9.17) is 4.74 Å². The van der Waals surface area contributed by atoms with Crippen molar-refractivity contribution in [1.29, 1.82) is 0 Å². The highest BCUT2D eigenvalue weighted by molar-refractivity contribution is 5.67. The van der Waals surface area contributed by atoms with Gasteiger partial charge in [0.15, 0.2) is 5.82 Å². The summed E-state index contributed by atoms with van der Waals surface area (Å²) in [5.74, 6) is 0.537. The quantitative estimate of drug-likeness (QED) is 0.676. The van der Waals surface area contributed by atoms with Crippen molar-refractivity contribution < 1.29 is 9.13 Å². The predicted octanol–water partition coefficient (Wildman–Crippen LogP) is 3.74. The second-order valence-electron chi connectivity index (χ2n) is 7.36. The van der Waals surface area contributed by atoms with Crippen LogP contribution in [0.5, 0.6) is 0 Å². The van der Waals surface area contributed by atoms with Gasteiger partial charge in [-0.1, -0.05) is 29.8 Å². The molecule has 0 radical (unpaired) electrons. The lowest BCUT2D eigenvalue weighted by molar-refractivity contribution is -0.00576. The van der Waals surface area contributed by atoms with Gasteiger partial charge >= 0.3 is 0 Å². The number of rotatable bonds is 4. The van der Waals surface area contributed by atoms with E-state index in [1.807, 2.05) is 56.0 Å². The lowest BCUT2D eigenvalue weighted by Gasteiger charge is -2.35. The first-order chi connectivity index (χ1) is 14.0. The van der Waals surface area contributed by atoms with Crippen LogP contribution in [-0.4, -0.2) is 45.5 Å². The average Bonchev–Trinajstić information content (AvgIpc) is 2.67. The third kappa shape index (κ3) is 4.65. The van der Waals surface area contributed by atoms with Gasteiger partial charge in [0.25, 0.3) is 0 Å². The van der Waals surface area contributed by atoms with Gasteiger partial charge in [0.1, 0.15) is 5.82 Å². The van der Waals surface area contributed by atoms with Crippen molar-refractivity contribution in [3.05, 3.63) is 54.1 Å². The molecule has 1 aromatic carbocycles. The van der Waals surface area contributed by atoms with E-state index < -0.39 is 5.95 Å². The molecule has 2 aromatic heterocycles. The van der Waals surface area contributed by atoms with Crippen molar-refractivity contribution in [2.75, 3.05) is 23.3 Å². The summed E-state index contributed by atoms with van der Waals surface area (Å²) in [5.41, 5.74) is 3.12. The van der Waals surface area contributed by atoms with E-state index in [1.165, 1.54) is 11.6 Å². The van der Waals surface area contributed by atoms with Crippen molar-refractivity contribution in [3.63, 3.8) is 0 Å². The fraction of sp³-hybridized carbons (Fsp3) is 0.333. The van der Waals surface area contributed by atoms with Crippen LogP contribution in [0.1, 0.15) is 19.4 Å². The normalized spacial score (nSPS) is 19.2. The minimum absolute atomic E-state index is 0.0269. The number of benzene rings is 1. The number of hydrogen-bond donors (Lipinski definition) is 1. The number of hydrogen-bond acceptors (Lipinski definition) is 7. The lowest BCUT2D eigenvalue weighted by Crippen LogP contribution is -2.46. The summed E-state index contributed by atoms with van der Waals surface area (Å²) in [4.78, 5) is 10.4. The smallest absolute Gasteiger partial charge is 0.230 e. The summed E-state index contributed by atoms with van der Waals surface area (Å²) in [6.07, 6.45) is 1.75. The SMILES string of the molecule is Cc1ccc(-c2cnnc(Nc3cc(F)nc(N4C[C@@H](C)O[C@@H](C)C4)n3)c2)cc1. The predicted molar refractivity (Wildman–Crippen MR) is 110 cm³/mol. The highest BCUT2D eigenvalue weighted by Crippen LogP contribution is 2.24. The second-order valence-corrected chi connectivity index (χ2v) is 7.36. The zero-order valence-electron chi connectivity index (χ0n) is 16.6. The molecule has 7 nitrogen and oxygen atoms in total. The second kappa shape index (κ2) is 8.08. The largest absolute Gasteiger partial charge is 0.372 e. The Hall–Kier alpha value is -3.13. The Kier molecular flexibility index (Phi) is 5.35. The number of morpholine rings is 1. The topological polar surface area (TPSA) is 76.1 Å². The molecule has 0 aliphatic carbocycles. The van der Waals surface area contributed by atoms with Crippen LogP contribution in [0.3, 0.4) is 0 Å². The first-order valence-electron chi connectivity index (χ1n) is 9.58. The number of aromatic nitrogens is 4. The van der Waals surface area contributed by atoms with E-state index in [9.17, 15) is 4.39 Å². The Labute approximate surface area is 169 Å². The highest BCUT2D eigenvalue weighted by atomic mass is 19.1. The summed E-state index contributed by atoms with van der Waals surface area (Å²) in [7, 11) is 0. The van der Waals surface area contributed by atoms with Crippen LogP contribution in [0.25, 0.3) is 11.1 Å². The molecule has 0 bridgehead atoms. The monoisotopic (exact) mass is 394 g/mol. The Bertz CT molecular complexity index is 987. The van der Waals surface area contributed by atoms with Gasteiger partial charge in [-0.3, -0.25) is 0 Å². The molecule has 29 heavy (non-hydrogen) atoms. The zero-order chi connectivity index (χ0) is 20.4. The van der Waals surface area contributed by atoms with Crippen LogP contribution < -0.4 is 10.2 Å². The fourth-order valence-corrected chi connectivity index (χ4v) is 3.42. The maximum absolute atomic E-state index is 14.2. The third-order valence-electron chi connectivity index (χ3n) is 4.68. The average molecular weight is 394 g/mol. The minimum Gasteiger partial charge on any atom is -0.372 e. The van der Waals surface area contributed by atoms with Gasteiger partial charge in [-0.25, -0.2) is 0 Å². The maximum Gasteiger partial charge on any atom is 0.230 e. The first kappa shape index (κ1) is 19.2. The van der Waals surface area contributed by atoms with E-state index in [0.29, 0.717) is 30.7 Å². The molecule has 0 saturated carbocycles. The zero-order valence-corrected chi connectivity index (χ0v) is 16.6. The lowest BCUT2D eigenvalue weighted by atomic mass is 10.1. The molecule has 1 fully saturated rings. The van der Waals surface area contributed by atoms with Crippen LogP contribution in [0, 0.1) is 12.9 Å². The van der Waals surface area contributed by atoms with Gasteiger partial charge < -0.3 is 15.0 Å². The number of halogens is 1. The molecule has 1 saturated heterocycles. The van der Waals surface area contributed by atoms with Gasteiger partial charge in [-0.2, -0.15) is 19.5 Å². The van der Waals surface area contributed by atoms with Crippen molar-refractivity contribution >= 4 is 17.6 Å². The van der Waals surface area contributed by atoms with Gasteiger partial charge in [0.2, 0.25) is 11.9 Å². The Morgan fingerprint density at radius 2 is 1.72 bits per heavy atom. The summed E-state index contributed by atoms with van der Waals surface area (Å²) < 4.78 is 19.9. The molecule has 3 aromatic rings.